The summed E-state index contributed by atoms with van der Waals surface area (Å²) in [4.78, 5) is 38.5. The second kappa shape index (κ2) is 9.97. The van der Waals surface area contributed by atoms with E-state index in [4.69, 9.17) is 16.3 Å². The van der Waals surface area contributed by atoms with Crippen LogP contribution in [0, 0.1) is 19.8 Å². The van der Waals surface area contributed by atoms with Crippen LogP contribution in [0.15, 0.2) is 12.1 Å². The Kier molecular flexibility index (Phi) is 8.63. The first kappa shape index (κ1) is 22.5. The molecule has 0 aliphatic rings. The van der Waals surface area contributed by atoms with Crippen molar-refractivity contribution in [3.8, 4) is 0 Å². The highest BCUT2D eigenvalue weighted by Gasteiger charge is 2.31. The molecule has 2 atom stereocenters. The topological polar surface area (TPSA) is 63.7 Å². The third-order valence-electron chi connectivity index (χ3n) is 4.36. The van der Waals surface area contributed by atoms with E-state index in [2.05, 4.69) is 0 Å². The maximum atomic E-state index is 12.9. The highest BCUT2D eigenvalue weighted by molar-refractivity contribution is 8.14. The fourth-order valence-electron chi connectivity index (χ4n) is 2.50. The van der Waals surface area contributed by atoms with Gasteiger partial charge < -0.3 is 4.74 Å². The summed E-state index contributed by atoms with van der Waals surface area (Å²) in [5.74, 6) is -1.03. The summed E-state index contributed by atoms with van der Waals surface area (Å²) in [6.07, 6.45) is 0.717. The van der Waals surface area contributed by atoms with Gasteiger partial charge in [-0.2, -0.15) is 0 Å². The zero-order valence-electron chi connectivity index (χ0n) is 16.1. The van der Waals surface area contributed by atoms with Crippen LogP contribution in [0.5, 0.6) is 0 Å². The van der Waals surface area contributed by atoms with Gasteiger partial charge in [-0.05, 0) is 44.4 Å². The van der Waals surface area contributed by atoms with Crippen molar-refractivity contribution in [3.05, 3.63) is 28.3 Å². The number of carbonyl (C=O) groups is 3. The van der Waals surface area contributed by atoms with Crippen molar-refractivity contribution in [1.29, 1.82) is 0 Å². The molecule has 0 aliphatic carbocycles. The number of nitrogens with zero attached hydrogens (tertiary/aromatic N) is 1. The molecule has 26 heavy (non-hydrogen) atoms. The van der Waals surface area contributed by atoms with Gasteiger partial charge in [-0.3, -0.25) is 14.5 Å². The molecule has 7 heteroatoms. The van der Waals surface area contributed by atoms with Gasteiger partial charge in [0.1, 0.15) is 6.04 Å². The van der Waals surface area contributed by atoms with Crippen molar-refractivity contribution in [2.45, 2.75) is 47.1 Å². The van der Waals surface area contributed by atoms with Gasteiger partial charge in [-0.1, -0.05) is 43.3 Å². The molecular weight excluding hydrogens is 374 g/mol. The van der Waals surface area contributed by atoms with Gasteiger partial charge in [-0.15, -0.1) is 0 Å². The van der Waals surface area contributed by atoms with E-state index in [1.807, 2.05) is 20.8 Å². The second-order valence-electron chi connectivity index (χ2n) is 6.22. The van der Waals surface area contributed by atoms with Crippen LogP contribution in [0.2, 0.25) is 5.02 Å². The molecule has 5 nitrogen and oxygen atoms in total. The van der Waals surface area contributed by atoms with E-state index in [0.29, 0.717) is 16.3 Å². The van der Waals surface area contributed by atoms with Gasteiger partial charge in [0.2, 0.25) is 5.91 Å². The van der Waals surface area contributed by atoms with Gasteiger partial charge in [-0.25, -0.2) is 4.79 Å². The summed E-state index contributed by atoms with van der Waals surface area (Å²) in [7, 11) is 1.28. The highest BCUT2D eigenvalue weighted by atomic mass is 35.5. The van der Waals surface area contributed by atoms with E-state index >= 15 is 0 Å². The molecule has 1 rings (SSSR count). The molecule has 0 N–H and O–H groups in total. The molecule has 144 valence electrons. The summed E-state index contributed by atoms with van der Waals surface area (Å²) in [6.45, 7) is 9.01. The number of halogens is 1. The number of methoxy groups -OCH3 is 1. The number of hydrogen-bond donors (Lipinski definition) is 0. The maximum absolute atomic E-state index is 12.9. The Morgan fingerprint density at radius 3 is 2.38 bits per heavy atom. The second-order valence-corrected chi connectivity index (χ2v) is 7.60. The molecule has 1 amide bonds. The molecule has 0 saturated carbocycles. The number of thioether (sulfide) groups is 1. The van der Waals surface area contributed by atoms with Crippen molar-refractivity contribution in [3.63, 3.8) is 0 Å². The van der Waals surface area contributed by atoms with E-state index in [0.717, 1.165) is 23.7 Å². The Bertz CT molecular complexity index is 692. The molecule has 1 aromatic rings. The Hall–Kier alpha value is -1.53. The average Bonchev–Trinajstić information content (AvgIpc) is 2.63. The lowest BCUT2D eigenvalue weighted by atomic mass is 10.1. The number of rotatable bonds is 7. The van der Waals surface area contributed by atoms with E-state index < -0.39 is 12.0 Å². The molecule has 0 aliphatic heterocycles. The Morgan fingerprint density at radius 2 is 1.85 bits per heavy atom. The van der Waals surface area contributed by atoms with Crippen molar-refractivity contribution in [2.75, 3.05) is 17.8 Å². The minimum absolute atomic E-state index is 0.0361. The molecule has 0 saturated heterocycles. The monoisotopic (exact) mass is 399 g/mol. The quantitative estimate of drug-likeness (QED) is 0.644. The van der Waals surface area contributed by atoms with Crippen LogP contribution in [-0.4, -0.2) is 35.9 Å². The van der Waals surface area contributed by atoms with Crippen molar-refractivity contribution in [2.24, 2.45) is 5.92 Å². The first-order valence-electron chi connectivity index (χ1n) is 8.47. The Morgan fingerprint density at radius 1 is 1.23 bits per heavy atom. The normalized spacial score (nSPS) is 13.0. The highest BCUT2D eigenvalue weighted by Crippen LogP contribution is 2.32. The average molecular weight is 400 g/mol. The number of anilines is 1. The maximum Gasteiger partial charge on any atom is 0.328 e. The third-order valence-corrected chi connectivity index (χ3v) is 5.85. The lowest BCUT2D eigenvalue weighted by Gasteiger charge is -2.30. The van der Waals surface area contributed by atoms with E-state index in [1.165, 1.54) is 12.0 Å². The minimum atomic E-state index is -0.831. The summed E-state index contributed by atoms with van der Waals surface area (Å²) in [5.41, 5.74) is 2.10. The van der Waals surface area contributed by atoms with Gasteiger partial charge in [0.25, 0.3) is 0 Å². The standard InChI is InChI=1S/C19H26ClNO4S/c1-7-11(2)19(24)26-10-16(22)21(14(5)18(23)25-6)17-12(3)8-9-15(20)13(17)4/h8-9,11,14H,7,10H2,1-6H3/t11?,14-/m0/s1. The molecule has 1 unspecified atom stereocenters. The molecular formula is C19H26ClNO4S. The summed E-state index contributed by atoms with van der Waals surface area (Å²) in [5, 5.41) is 0.467. The summed E-state index contributed by atoms with van der Waals surface area (Å²) in [6, 6.07) is 2.72. The lowest BCUT2D eigenvalue weighted by Crippen LogP contribution is -2.46. The number of aryl methyl sites for hydroxylation is 1. The molecule has 0 bridgehead atoms. The Labute approximate surface area is 164 Å². The molecule has 1 aromatic carbocycles. The zero-order valence-corrected chi connectivity index (χ0v) is 17.7. The van der Waals surface area contributed by atoms with Crippen LogP contribution >= 0.6 is 23.4 Å². The van der Waals surface area contributed by atoms with Gasteiger partial charge in [0, 0.05) is 10.9 Å². The number of esters is 1. The Balaban J connectivity index is 3.23. The number of ether oxygens (including phenoxy) is 1. The van der Waals surface area contributed by atoms with Crippen LogP contribution in [0.3, 0.4) is 0 Å². The van der Waals surface area contributed by atoms with Gasteiger partial charge in [0.05, 0.1) is 18.6 Å². The predicted molar refractivity (Wildman–Crippen MR) is 107 cm³/mol. The third kappa shape index (κ3) is 5.24. The van der Waals surface area contributed by atoms with E-state index in [-0.39, 0.29) is 22.7 Å². The molecule has 0 radical (unpaired) electrons. The summed E-state index contributed by atoms with van der Waals surface area (Å²) < 4.78 is 4.82. The van der Waals surface area contributed by atoms with Crippen LogP contribution in [0.25, 0.3) is 0 Å². The minimum Gasteiger partial charge on any atom is -0.467 e. The fraction of sp³-hybridized carbons (Fsp3) is 0.526. The number of hydrogen-bond acceptors (Lipinski definition) is 5. The number of carbonyl (C=O) groups excluding carboxylic acids is 3. The SMILES string of the molecule is CCC(C)C(=O)SCC(=O)N(c1c(C)ccc(Cl)c1C)[C@@H](C)C(=O)OC. The van der Waals surface area contributed by atoms with Crippen LogP contribution in [0.1, 0.15) is 38.3 Å². The van der Waals surface area contributed by atoms with Gasteiger partial charge >= 0.3 is 5.97 Å². The summed E-state index contributed by atoms with van der Waals surface area (Å²) >= 11 is 7.20. The lowest BCUT2D eigenvalue weighted by molar-refractivity contribution is -0.142. The fourth-order valence-corrected chi connectivity index (χ4v) is 3.51. The smallest absolute Gasteiger partial charge is 0.328 e. The first-order chi connectivity index (χ1) is 12.1. The van der Waals surface area contributed by atoms with Crippen LogP contribution in [-0.2, 0) is 19.1 Å². The largest absolute Gasteiger partial charge is 0.467 e. The zero-order chi connectivity index (χ0) is 20.0. The van der Waals surface area contributed by atoms with Gasteiger partial charge in [0.15, 0.2) is 5.12 Å². The van der Waals surface area contributed by atoms with Crippen molar-refractivity contribution >= 4 is 46.0 Å². The molecule has 0 aromatic heterocycles. The van der Waals surface area contributed by atoms with Crippen LogP contribution in [0.4, 0.5) is 5.69 Å². The first-order valence-corrected chi connectivity index (χ1v) is 9.84. The molecule has 0 fully saturated rings. The molecule has 0 spiro atoms. The number of benzene rings is 1. The van der Waals surface area contributed by atoms with Crippen LogP contribution < -0.4 is 4.90 Å². The van der Waals surface area contributed by atoms with Crippen molar-refractivity contribution in [1.82, 2.24) is 0 Å². The van der Waals surface area contributed by atoms with E-state index in [1.54, 1.807) is 26.0 Å². The molecule has 0 heterocycles. The number of amides is 1. The van der Waals surface area contributed by atoms with E-state index in [9.17, 15) is 14.4 Å². The van der Waals surface area contributed by atoms with Crippen molar-refractivity contribution < 1.29 is 19.1 Å². The predicted octanol–water partition coefficient (Wildman–Crippen LogP) is 4.16.